The minimum Gasteiger partial charge on any atom is -0.491 e. The molecule has 0 saturated carbocycles. The molecule has 0 aliphatic heterocycles. The van der Waals surface area contributed by atoms with Crippen LogP contribution < -0.4 is 4.74 Å². The zero-order valence-electron chi connectivity index (χ0n) is 9.01. The van der Waals surface area contributed by atoms with Gasteiger partial charge in [0.1, 0.15) is 5.69 Å². The molecule has 0 aliphatic carbocycles. The van der Waals surface area contributed by atoms with E-state index in [1.54, 1.807) is 18.3 Å². The molecule has 0 saturated heterocycles. The lowest BCUT2D eigenvalue weighted by Gasteiger charge is -2.07. The summed E-state index contributed by atoms with van der Waals surface area (Å²) in [5.41, 5.74) is 1.77. The van der Waals surface area contributed by atoms with Gasteiger partial charge in [-0.1, -0.05) is 6.92 Å². The summed E-state index contributed by atoms with van der Waals surface area (Å²) in [6, 6.07) is 5.36. The fraction of sp³-hybridized carbons (Fsp3) is 0.250. The first-order valence-corrected chi connectivity index (χ1v) is 5.19. The fourth-order valence-electron chi connectivity index (χ4n) is 1.41. The highest BCUT2D eigenvalue weighted by molar-refractivity contribution is 5.84. The van der Waals surface area contributed by atoms with Gasteiger partial charge in [0.15, 0.2) is 12.0 Å². The molecule has 2 rings (SSSR count). The summed E-state index contributed by atoms with van der Waals surface area (Å²) >= 11 is 0. The fourth-order valence-corrected chi connectivity index (χ4v) is 1.41. The van der Waals surface area contributed by atoms with Crippen LogP contribution in [0.2, 0.25) is 0 Å². The standard InChI is InChI=1S/C12H12N2O2/c1-2-6-16-12-7-10-9(4-3-5-13-10)14-11(12)8-15/h3-5,7-8H,2,6H2,1H3. The van der Waals surface area contributed by atoms with Crippen molar-refractivity contribution in [3.8, 4) is 5.75 Å². The number of aromatic nitrogens is 2. The second kappa shape index (κ2) is 4.70. The Bertz CT molecular complexity index is 511. The normalized spacial score (nSPS) is 10.3. The maximum absolute atomic E-state index is 10.9. The second-order valence-corrected chi connectivity index (χ2v) is 3.38. The summed E-state index contributed by atoms with van der Waals surface area (Å²) in [6.07, 6.45) is 3.28. The highest BCUT2D eigenvalue weighted by Gasteiger charge is 2.07. The molecule has 0 atom stereocenters. The molecule has 0 unspecified atom stereocenters. The molecule has 2 heterocycles. The summed E-state index contributed by atoms with van der Waals surface area (Å²) < 4.78 is 5.45. The Hall–Kier alpha value is -1.97. The number of hydrogen-bond acceptors (Lipinski definition) is 4. The molecule has 0 amide bonds. The summed E-state index contributed by atoms with van der Waals surface area (Å²) in [6.45, 7) is 2.58. The van der Waals surface area contributed by atoms with E-state index in [1.165, 1.54) is 0 Å². The Morgan fingerprint density at radius 1 is 1.44 bits per heavy atom. The van der Waals surface area contributed by atoms with Gasteiger partial charge in [-0.3, -0.25) is 9.78 Å². The Morgan fingerprint density at radius 2 is 2.31 bits per heavy atom. The Kier molecular flexibility index (Phi) is 3.10. The van der Waals surface area contributed by atoms with Gasteiger partial charge >= 0.3 is 0 Å². The van der Waals surface area contributed by atoms with Crippen LogP contribution in [0, 0.1) is 0 Å². The first kappa shape index (κ1) is 10.5. The molecule has 0 fully saturated rings. The minimum absolute atomic E-state index is 0.328. The number of nitrogens with zero attached hydrogens (tertiary/aromatic N) is 2. The van der Waals surface area contributed by atoms with Crippen molar-refractivity contribution in [2.45, 2.75) is 13.3 Å². The van der Waals surface area contributed by atoms with Crippen molar-refractivity contribution >= 4 is 17.3 Å². The molecule has 0 radical (unpaired) electrons. The summed E-state index contributed by atoms with van der Waals surface area (Å²) in [7, 11) is 0. The molecule has 4 nitrogen and oxygen atoms in total. The molecule has 0 spiro atoms. The van der Waals surface area contributed by atoms with Crippen molar-refractivity contribution in [2.75, 3.05) is 6.61 Å². The van der Waals surface area contributed by atoms with Crippen LogP contribution in [0.3, 0.4) is 0 Å². The van der Waals surface area contributed by atoms with Crippen molar-refractivity contribution in [1.29, 1.82) is 0 Å². The van der Waals surface area contributed by atoms with Crippen LogP contribution in [0.5, 0.6) is 5.75 Å². The third-order valence-electron chi connectivity index (χ3n) is 2.15. The van der Waals surface area contributed by atoms with Crippen LogP contribution in [0.1, 0.15) is 23.8 Å². The first-order chi connectivity index (χ1) is 7.85. The van der Waals surface area contributed by atoms with E-state index in [0.717, 1.165) is 11.9 Å². The number of carbonyl (C=O) groups excluding carboxylic acids is 1. The molecular weight excluding hydrogens is 204 g/mol. The highest BCUT2D eigenvalue weighted by Crippen LogP contribution is 2.20. The van der Waals surface area contributed by atoms with Crippen molar-refractivity contribution in [3.05, 3.63) is 30.1 Å². The molecule has 0 aliphatic rings. The van der Waals surface area contributed by atoms with Gasteiger partial charge in [0.2, 0.25) is 0 Å². The maximum Gasteiger partial charge on any atom is 0.172 e. The lowest BCUT2D eigenvalue weighted by atomic mass is 10.2. The Labute approximate surface area is 93.3 Å². The van der Waals surface area contributed by atoms with Gasteiger partial charge in [-0.25, -0.2) is 4.98 Å². The molecule has 0 aromatic carbocycles. The van der Waals surface area contributed by atoms with Crippen LogP contribution in [-0.4, -0.2) is 22.9 Å². The van der Waals surface area contributed by atoms with E-state index in [0.29, 0.717) is 29.9 Å². The van der Waals surface area contributed by atoms with E-state index in [-0.39, 0.29) is 0 Å². The predicted molar refractivity (Wildman–Crippen MR) is 60.7 cm³/mol. The number of carbonyl (C=O) groups is 1. The van der Waals surface area contributed by atoms with Crippen LogP contribution in [0.4, 0.5) is 0 Å². The number of aldehydes is 1. The average molecular weight is 216 g/mol. The molecule has 82 valence electrons. The van der Waals surface area contributed by atoms with Gasteiger partial charge in [0, 0.05) is 12.3 Å². The van der Waals surface area contributed by atoms with Gasteiger partial charge in [-0.2, -0.15) is 0 Å². The van der Waals surface area contributed by atoms with Crippen molar-refractivity contribution < 1.29 is 9.53 Å². The molecule has 2 aromatic heterocycles. The van der Waals surface area contributed by atoms with E-state index < -0.39 is 0 Å². The molecular formula is C12H12N2O2. The average Bonchev–Trinajstić information content (AvgIpc) is 2.35. The number of rotatable bonds is 4. The van der Waals surface area contributed by atoms with Crippen molar-refractivity contribution in [1.82, 2.24) is 9.97 Å². The smallest absolute Gasteiger partial charge is 0.172 e. The Balaban J connectivity index is 2.49. The second-order valence-electron chi connectivity index (χ2n) is 3.38. The zero-order chi connectivity index (χ0) is 11.4. The SMILES string of the molecule is CCCOc1cc2ncccc2nc1C=O. The quantitative estimate of drug-likeness (QED) is 0.735. The first-order valence-electron chi connectivity index (χ1n) is 5.19. The lowest BCUT2D eigenvalue weighted by Crippen LogP contribution is -2.01. The summed E-state index contributed by atoms with van der Waals surface area (Å²) in [5, 5.41) is 0. The topological polar surface area (TPSA) is 52.1 Å². The van der Waals surface area contributed by atoms with Crippen molar-refractivity contribution in [3.63, 3.8) is 0 Å². The zero-order valence-corrected chi connectivity index (χ0v) is 9.01. The highest BCUT2D eigenvalue weighted by atomic mass is 16.5. The minimum atomic E-state index is 0.328. The van der Waals surface area contributed by atoms with Gasteiger partial charge in [-0.05, 0) is 18.6 Å². The predicted octanol–water partition coefficient (Wildman–Crippen LogP) is 2.23. The van der Waals surface area contributed by atoms with E-state index in [9.17, 15) is 4.79 Å². The van der Waals surface area contributed by atoms with E-state index in [2.05, 4.69) is 9.97 Å². The number of pyridine rings is 2. The van der Waals surface area contributed by atoms with E-state index >= 15 is 0 Å². The van der Waals surface area contributed by atoms with E-state index in [1.807, 2.05) is 13.0 Å². The Morgan fingerprint density at radius 3 is 3.06 bits per heavy atom. The summed E-state index contributed by atoms with van der Waals surface area (Å²) in [4.78, 5) is 19.2. The third-order valence-corrected chi connectivity index (χ3v) is 2.15. The van der Waals surface area contributed by atoms with Crippen molar-refractivity contribution in [2.24, 2.45) is 0 Å². The van der Waals surface area contributed by atoms with Crippen LogP contribution in [-0.2, 0) is 0 Å². The monoisotopic (exact) mass is 216 g/mol. The molecule has 0 bridgehead atoms. The van der Waals surface area contributed by atoms with Crippen LogP contribution >= 0.6 is 0 Å². The van der Waals surface area contributed by atoms with E-state index in [4.69, 9.17) is 4.74 Å². The largest absolute Gasteiger partial charge is 0.491 e. The van der Waals surface area contributed by atoms with Crippen LogP contribution in [0.25, 0.3) is 11.0 Å². The molecule has 0 N–H and O–H groups in total. The third kappa shape index (κ3) is 2.00. The maximum atomic E-state index is 10.9. The van der Waals surface area contributed by atoms with Gasteiger partial charge in [0.25, 0.3) is 0 Å². The van der Waals surface area contributed by atoms with Crippen LogP contribution in [0.15, 0.2) is 24.4 Å². The number of fused-ring (bicyclic) bond motifs is 1. The molecule has 16 heavy (non-hydrogen) atoms. The summed E-state index contributed by atoms with van der Waals surface area (Å²) in [5.74, 6) is 0.503. The number of ether oxygens (including phenoxy) is 1. The molecule has 2 aromatic rings. The molecule has 4 heteroatoms. The van der Waals surface area contributed by atoms with Gasteiger partial charge in [0.05, 0.1) is 17.6 Å². The number of hydrogen-bond donors (Lipinski definition) is 0. The van der Waals surface area contributed by atoms with Gasteiger partial charge < -0.3 is 4.74 Å². The lowest BCUT2D eigenvalue weighted by molar-refractivity contribution is 0.111. The van der Waals surface area contributed by atoms with Gasteiger partial charge in [-0.15, -0.1) is 0 Å².